The molecule has 3 amide bonds. The molecule has 3 N–H and O–H groups in total. The van der Waals surface area contributed by atoms with E-state index in [9.17, 15) is 19.5 Å². The van der Waals surface area contributed by atoms with Gasteiger partial charge in [0.25, 0.3) is 0 Å². The lowest BCUT2D eigenvalue weighted by Crippen LogP contribution is -2.60. The van der Waals surface area contributed by atoms with Gasteiger partial charge >= 0.3 is 0 Å². The summed E-state index contributed by atoms with van der Waals surface area (Å²) in [4.78, 5) is 44.3. The highest BCUT2D eigenvalue weighted by Crippen LogP contribution is 2.68. The Bertz CT molecular complexity index is 1250. The average molecular weight is 576 g/mol. The second kappa shape index (κ2) is 11.8. The topological polar surface area (TPSA) is 98.7 Å². The van der Waals surface area contributed by atoms with Crippen molar-refractivity contribution < 1.29 is 19.5 Å². The first kappa shape index (κ1) is 28.3. The first-order valence-corrected chi connectivity index (χ1v) is 16.1. The zero-order valence-corrected chi connectivity index (χ0v) is 24.5. The molecule has 0 radical (unpaired) electrons. The molecule has 3 saturated heterocycles. The van der Waals surface area contributed by atoms with Crippen LogP contribution in [0, 0.1) is 17.8 Å². The van der Waals surface area contributed by atoms with Gasteiger partial charge in [0.15, 0.2) is 0 Å². The third-order valence-corrected chi connectivity index (χ3v) is 12.0. The Morgan fingerprint density at radius 3 is 2.32 bits per heavy atom. The summed E-state index contributed by atoms with van der Waals surface area (Å²) in [6, 6.07) is 18.4. The highest BCUT2D eigenvalue weighted by molar-refractivity contribution is 8.02. The third-order valence-electron chi connectivity index (χ3n) is 9.91. The minimum absolute atomic E-state index is 0.0106. The van der Waals surface area contributed by atoms with E-state index >= 15 is 0 Å². The molecule has 4 fully saturated rings. The van der Waals surface area contributed by atoms with Crippen molar-refractivity contribution in [3.05, 3.63) is 71.8 Å². The van der Waals surface area contributed by atoms with Crippen LogP contribution in [0.3, 0.4) is 0 Å². The quantitative estimate of drug-likeness (QED) is 0.424. The standard InChI is InChI=1S/C33H41N3O4S/c1-21-17-26-27(30(38)34-19-23-13-7-3-8-14-23)28-32(40)36(25(20-37)18-22-11-5-2-6-12-22)29(33(21,28)41-26)31(39)35-24-15-9-4-10-16-24/h2-3,5-8,11-14,21,24-29,37H,4,9-10,15-20H2,1H3,(H,34,38)(H,35,39)/t21?,25-,26+,27-,28+,29?,33?/m1/s1. The molecule has 1 saturated carbocycles. The van der Waals surface area contributed by atoms with E-state index in [0.29, 0.717) is 13.0 Å². The fraction of sp³-hybridized carbons (Fsp3) is 0.545. The predicted octanol–water partition coefficient (Wildman–Crippen LogP) is 3.69. The second-order valence-corrected chi connectivity index (χ2v) is 13.9. The monoisotopic (exact) mass is 575 g/mol. The van der Waals surface area contributed by atoms with Gasteiger partial charge in [0.2, 0.25) is 17.7 Å². The highest BCUT2D eigenvalue weighted by Gasteiger charge is 2.76. The van der Waals surface area contributed by atoms with Gasteiger partial charge in [-0.2, -0.15) is 0 Å². The summed E-state index contributed by atoms with van der Waals surface area (Å²) in [5, 5.41) is 17.1. The van der Waals surface area contributed by atoms with Gasteiger partial charge in [0.1, 0.15) is 6.04 Å². The number of benzene rings is 2. The van der Waals surface area contributed by atoms with Gasteiger partial charge in [-0.3, -0.25) is 14.4 Å². The normalized spacial score (nSPS) is 31.6. The van der Waals surface area contributed by atoms with Crippen molar-refractivity contribution in [2.24, 2.45) is 17.8 Å². The fourth-order valence-corrected chi connectivity index (χ4v) is 10.4. The number of nitrogens with zero attached hydrogens (tertiary/aromatic N) is 1. The van der Waals surface area contributed by atoms with Crippen molar-refractivity contribution in [2.75, 3.05) is 6.61 Å². The summed E-state index contributed by atoms with van der Waals surface area (Å²) in [6.07, 6.45) is 6.52. The van der Waals surface area contributed by atoms with E-state index in [-0.39, 0.29) is 41.5 Å². The third kappa shape index (κ3) is 5.07. The van der Waals surface area contributed by atoms with Crippen LogP contribution in [0.5, 0.6) is 0 Å². The van der Waals surface area contributed by atoms with Gasteiger partial charge in [-0.05, 0) is 42.7 Å². The van der Waals surface area contributed by atoms with Crippen molar-refractivity contribution in [2.45, 2.75) is 86.5 Å². The van der Waals surface area contributed by atoms with Crippen LogP contribution < -0.4 is 10.6 Å². The van der Waals surface area contributed by atoms with Gasteiger partial charge in [0.05, 0.1) is 29.2 Å². The number of carbonyl (C=O) groups is 3. The number of aliphatic hydroxyl groups excluding tert-OH is 1. The van der Waals surface area contributed by atoms with Crippen LogP contribution in [-0.2, 0) is 27.3 Å². The van der Waals surface area contributed by atoms with E-state index in [1.54, 1.807) is 16.7 Å². The molecule has 7 nitrogen and oxygen atoms in total. The smallest absolute Gasteiger partial charge is 0.244 e. The molecule has 1 spiro atoms. The van der Waals surface area contributed by atoms with E-state index < -0.39 is 28.7 Å². The number of amides is 3. The maximum absolute atomic E-state index is 14.5. The Morgan fingerprint density at radius 2 is 1.66 bits per heavy atom. The van der Waals surface area contributed by atoms with Crippen molar-refractivity contribution in [3.63, 3.8) is 0 Å². The number of thioether (sulfide) groups is 1. The van der Waals surface area contributed by atoms with Crippen LogP contribution in [-0.4, -0.2) is 62.5 Å². The van der Waals surface area contributed by atoms with Crippen molar-refractivity contribution in [1.82, 2.24) is 15.5 Å². The van der Waals surface area contributed by atoms with Crippen LogP contribution >= 0.6 is 11.8 Å². The molecule has 218 valence electrons. The van der Waals surface area contributed by atoms with Crippen LogP contribution in [0.1, 0.15) is 56.6 Å². The zero-order chi connectivity index (χ0) is 28.6. The average Bonchev–Trinajstić information content (AvgIpc) is 3.60. The number of hydrogen-bond donors (Lipinski definition) is 3. The number of fused-ring (bicyclic) bond motifs is 1. The second-order valence-electron chi connectivity index (χ2n) is 12.4. The van der Waals surface area contributed by atoms with Crippen molar-refractivity contribution >= 4 is 29.5 Å². The molecule has 7 atom stereocenters. The molecular weight excluding hydrogens is 534 g/mol. The lowest BCUT2D eigenvalue weighted by molar-refractivity contribution is -0.143. The largest absolute Gasteiger partial charge is 0.394 e. The molecule has 4 aliphatic rings. The van der Waals surface area contributed by atoms with E-state index in [1.165, 1.54) is 6.42 Å². The number of likely N-dealkylation sites (tertiary alicyclic amines) is 1. The molecule has 2 bridgehead atoms. The molecule has 3 aliphatic heterocycles. The Morgan fingerprint density at radius 1 is 1.00 bits per heavy atom. The maximum atomic E-state index is 14.5. The molecule has 2 aromatic rings. The Labute approximate surface area is 246 Å². The molecule has 3 heterocycles. The van der Waals surface area contributed by atoms with Crippen LogP contribution in [0.2, 0.25) is 0 Å². The van der Waals surface area contributed by atoms with Gasteiger partial charge in [-0.25, -0.2) is 0 Å². The summed E-state index contributed by atoms with van der Waals surface area (Å²) in [6.45, 7) is 2.30. The Balaban J connectivity index is 1.33. The molecule has 1 aliphatic carbocycles. The number of hydrogen-bond acceptors (Lipinski definition) is 5. The van der Waals surface area contributed by atoms with Gasteiger partial charge < -0.3 is 20.6 Å². The lowest BCUT2D eigenvalue weighted by Gasteiger charge is -2.41. The summed E-state index contributed by atoms with van der Waals surface area (Å²) in [5.74, 6) is -1.40. The zero-order valence-electron chi connectivity index (χ0n) is 23.7. The lowest BCUT2D eigenvalue weighted by atomic mass is 9.65. The fourth-order valence-electron chi connectivity index (χ4n) is 8.02. The first-order valence-electron chi connectivity index (χ1n) is 15.2. The SMILES string of the molecule is CC1C[C@@H]2SC13C(C(=O)NC1CCCCC1)N([C@@H](CO)Cc1ccccc1)C(=O)[C@@H]3[C@@H]2C(=O)NCc1ccccc1. The Hall–Kier alpha value is -2.84. The van der Waals surface area contributed by atoms with E-state index in [2.05, 4.69) is 17.6 Å². The van der Waals surface area contributed by atoms with E-state index in [0.717, 1.165) is 43.2 Å². The maximum Gasteiger partial charge on any atom is 0.244 e. The molecule has 8 heteroatoms. The highest BCUT2D eigenvalue weighted by atomic mass is 32.2. The number of rotatable bonds is 9. The van der Waals surface area contributed by atoms with Gasteiger partial charge in [-0.1, -0.05) is 86.8 Å². The minimum atomic E-state index is -0.722. The molecule has 2 aromatic carbocycles. The summed E-state index contributed by atoms with van der Waals surface area (Å²) in [7, 11) is 0. The molecule has 41 heavy (non-hydrogen) atoms. The van der Waals surface area contributed by atoms with Crippen molar-refractivity contribution in [3.8, 4) is 0 Å². The van der Waals surface area contributed by atoms with Crippen LogP contribution in [0.15, 0.2) is 60.7 Å². The summed E-state index contributed by atoms with van der Waals surface area (Å²) < 4.78 is -0.695. The number of aliphatic hydroxyl groups is 1. The minimum Gasteiger partial charge on any atom is -0.394 e. The van der Waals surface area contributed by atoms with Gasteiger partial charge in [-0.15, -0.1) is 11.8 Å². The van der Waals surface area contributed by atoms with Crippen LogP contribution in [0.4, 0.5) is 0 Å². The first-order chi connectivity index (χ1) is 19.9. The number of nitrogens with one attached hydrogen (secondary N) is 2. The van der Waals surface area contributed by atoms with Crippen LogP contribution in [0.25, 0.3) is 0 Å². The van der Waals surface area contributed by atoms with E-state index in [4.69, 9.17) is 0 Å². The predicted molar refractivity (Wildman–Crippen MR) is 160 cm³/mol. The van der Waals surface area contributed by atoms with E-state index in [1.807, 2.05) is 60.7 Å². The molecule has 6 rings (SSSR count). The Kier molecular flexibility index (Phi) is 8.14. The van der Waals surface area contributed by atoms with Crippen molar-refractivity contribution in [1.29, 1.82) is 0 Å². The molecule has 0 aromatic heterocycles. The molecular formula is C33H41N3O4S. The summed E-state index contributed by atoms with van der Waals surface area (Å²) >= 11 is 1.69. The summed E-state index contributed by atoms with van der Waals surface area (Å²) in [5.41, 5.74) is 2.01. The van der Waals surface area contributed by atoms with Gasteiger partial charge in [0, 0.05) is 17.8 Å². The number of carbonyl (C=O) groups excluding carboxylic acids is 3. The molecule has 3 unspecified atom stereocenters.